The molecule has 0 aliphatic carbocycles. The Morgan fingerprint density at radius 2 is 1.74 bits per heavy atom. The van der Waals surface area contributed by atoms with Gasteiger partial charge in [0.15, 0.2) is 23.4 Å². The molecule has 0 saturated carbocycles. The lowest BCUT2D eigenvalue weighted by atomic mass is 10.0. The Morgan fingerprint density at radius 1 is 1.05 bits per heavy atom. The zero-order valence-corrected chi connectivity index (χ0v) is 23.5. The van der Waals surface area contributed by atoms with Gasteiger partial charge >= 0.3 is 5.69 Å². The molecular formula is C29H32N8O5. The number of amidine groups is 1. The molecule has 0 aliphatic rings. The van der Waals surface area contributed by atoms with Crippen molar-refractivity contribution in [3.63, 3.8) is 0 Å². The lowest BCUT2D eigenvalue weighted by Gasteiger charge is -2.22. The molecule has 2 atom stereocenters. The number of amides is 2. The summed E-state index contributed by atoms with van der Waals surface area (Å²) in [6.07, 6.45) is -0.758. The third-order valence-electron chi connectivity index (χ3n) is 6.43. The maximum Gasteiger partial charge on any atom is 0.348 e. The van der Waals surface area contributed by atoms with Crippen molar-refractivity contribution in [3.8, 4) is 17.2 Å². The van der Waals surface area contributed by atoms with Crippen molar-refractivity contribution >= 4 is 23.3 Å². The first kappa shape index (κ1) is 29.4. The first-order valence-electron chi connectivity index (χ1n) is 12.8. The van der Waals surface area contributed by atoms with E-state index in [9.17, 15) is 14.4 Å². The van der Waals surface area contributed by atoms with E-state index in [4.69, 9.17) is 26.4 Å². The second-order valence-corrected chi connectivity index (χ2v) is 9.58. The van der Waals surface area contributed by atoms with Crippen LogP contribution in [0.15, 0.2) is 71.5 Å². The van der Waals surface area contributed by atoms with Crippen molar-refractivity contribution in [3.05, 3.63) is 99.7 Å². The fraction of sp³-hybridized carbons (Fsp3) is 0.207. The number of carbonyl (C=O) groups is 2. The highest BCUT2D eigenvalue weighted by Gasteiger charge is 2.24. The van der Waals surface area contributed by atoms with Crippen molar-refractivity contribution in [1.82, 2.24) is 19.7 Å². The number of nitrogens with two attached hydrogens (primary N) is 2. The molecule has 0 spiro atoms. The Hall–Kier alpha value is -5.59. The summed E-state index contributed by atoms with van der Waals surface area (Å²) in [7, 11) is 4.76. The van der Waals surface area contributed by atoms with Crippen LogP contribution in [0, 0.1) is 5.41 Å². The van der Waals surface area contributed by atoms with Crippen LogP contribution >= 0.6 is 0 Å². The maximum atomic E-state index is 13.1. The number of hydrogen-bond acceptors (Lipinski definition) is 8. The third kappa shape index (κ3) is 6.25. The van der Waals surface area contributed by atoms with Crippen LogP contribution in [0.3, 0.4) is 0 Å². The zero-order chi connectivity index (χ0) is 30.6. The molecule has 13 nitrogen and oxygen atoms in total. The highest BCUT2D eigenvalue weighted by Crippen LogP contribution is 2.34. The number of nitrogen functional groups attached to an aromatic ring is 1. The molecular weight excluding hydrogens is 540 g/mol. The van der Waals surface area contributed by atoms with Crippen molar-refractivity contribution in [1.29, 1.82) is 5.41 Å². The van der Waals surface area contributed by atoms with Gasteiger partial charge in [0.1, 0.15) is 11.9 Å². The van der Waals surface area contributed by atoms with Crippen LogP contribution in [0.1, 0.15) is 40.3 Å². The molecule has 4 aromatic rings. The predicted octanol–water partition coefficient (Wildman–Crippen LogP) is 2.01. The number of anilines is 1. The van der Waals surface area contributed by atoms with E-state index in [1.165, 1.54) is 18.1 Å². The smallest absolute Gasteiger partial charge is 0.348 e. The Bertz CT molecular complexity index is 1680. The average molecular weight is 573 g/mol. The molecule has 1 heterocycles. The van der Waals surface area contributed by atoms with Crippen molar-refractivity contribution in [2.75, 3.05) is 26.5 Å². The van der Waals surface area contributed by atoms with Crippen molar-refractivity contribution in [2.24, 2.45) is 11.5 Å². The minimum atomic E-state index is -0.758. The van der Waals surface area contributed by atoms with Gasteiger partial charge in [0.25, 0.3) is 11.8 Å². The monoisotopic (exact) mass is 572 g/mol. The number of primary amides is 1. The van der Waals surface area contributed by atoms with Crippen LogP contribution in [0.4, 0.5) is 5.69 Å². The Labute approximate surface area is 241 Å². The molecule has 0 radical (unpaired) electrons. The molecule has 42 heavy (non-hydrogen) atoms. The normalized spacial score (nSPS) is 12.2. The minimum Gasteiger partial charge on any atom is -0.493 e. The second kappa shape index (κ2) is 12.3. The quantitative estimate of drug-likeness (QED) is 0.133. The Morgan fingerprint density at radius 3 is 2.36 bits per heavy atom. The first-order chi connectivity index (χ1) is 20.0. The zero-order valence-electron chi connectivity index (χ0n) is 23.5. The van der Waals surface area contributed by atoms with Crippen LogP contribution in [0.2, 0.25) is 0 Å². The standard InChI is InChI=1S/C29H32N8O5/c1-16(28(39)36(2)3)42-22-14-11-18(15-23(22)41-4)24(33-19-12-9-17(10-13-19)25(30)31)27-34-29(40)37(35-27)21-8-6-5-7-20(21)26(32)38/h5-16,24,33H,1-4H3,(H3,30,31)(H2,32,38)(H,34,35,40). The molecule has 0 saturated heterocycles. The molecule has 2 amide bonds. The summed E-state index contributed by atoms with van der Waals surface area (Å²) in [4.78, 5) is 41.7. The molecule has 7 N–H and O–H groups in total. The van der Waals surface area contributed by atoms with E-state index in [1.54, 1.807) is 81.7 Å². The van der Waals surface area contributed by atoms with E-state index in [0.29, 0.717) is 28.3 Å². The summed E-state index contributed by atoms with van der Waals surface area (Å²) in [6, 6.07) is 17.6. The summed E-state index contributed by atoms with van der Waals surface area (Å²) in [5.41, 5.74) is 12.7. The molecule has 218 valence electrons. The fourth-order valence-corrected chi connectivity index (χ4v) is 4.29. The SMILES string of the molecule is COc1cc(C(Nc2ccc(C(=N)N)cc2)c2nn(-c3ccccc3C(N)=O)c(=O)[nH]2)ccc1OC(C)C(=O)N(C)C. The predicted molar refractivity (Wildman–Crippen MR) is 157 cm³/mol. The van der Waals surface area contributed by atoms with Gasteiger partial charge in [-0.25, -0.2) is 4.79 Å². The molecule has 0 fully saturated rings. The summed E-state index contributed by atoms with van der Waals surface area (Å²) >= 11 is 0. The van der Waals surface area contributed by atoms with E-state index in [1.807, 2.05) is 0 Å². The van der Waals surface area contributed by atoms with Gasteiger partial charge in [-0.3, -0.25) is 20.0 Å². The highest BCUT2D eigenvalue weighted by molar-refractivity contribution is 5.96. The van der Waals surface area contributed by atoms with Gasteiger partial charge in [-0.2, -0.15) is 4.68 Å². The van der Waals surface area contributed by atoms with Crippen LogP contribution in [-0.4, -0.2) is 64.6 Å². The van der Waals surface area contributed by atoms with E-state index in [0.717, 1.165) is 4.68 Å². The van der Waals surface area contributed by atoms with Gasteiger partial charge in [0.05, 0.1) is 18.4 Å². The van der Waals surface area contributed by atoms with Gasteiger partial charge in [-0.15, -0.1) is 5.10 Å². The molecule has 0 bridgehead atoms. The average Bonchev–Trinajstić information content (AvgIpc) is 3.36. The van der Waals surface area contributed by atoms with Crippen LogP contribution < -0.4 is 31.9 Å². The molecule has 3 aromatic carbocycles. The lowest BCUT2D eigenvalue weighted by Crippen LogP contribution is -2.35. The Kier molecular flexibility index (Phi) is 8.60. The molecule has 1 aromatic heterocycles. The summed E-state index contributed by atoms with van der Waals surface area (Å²) in [5, 5.41) is 15.5. The molecule has 4 rings (SSSR count). The molecule has 13 heteroatoms. The van der Waals surface area contributed by atoms with Crippen LogP contribution in [0.25, 0.3) is 5.69 Å². The third-order valence-corrected chi connectivity index (χ3v) is 6.43. The van der Waals surface area contributed by atoms with E-state index >= 15 is 0 Å². The molecule has 0 aliphatic heterocycles. The number of rotatable bonds is 11. The summed E-state index contributed by atoms with van der Waals surface area (Å²) < 4.78 is 12.5. The number of carbonyl (C=O) groups excluding carboxylic acids is 2. The van der Waals surface area contributed by atoms with Gasteiger partial charge in [0, 0.05) is 25.3 Å². The largest absolute Gasteiger partial charge is 0.493 e. The van der Waals surface area contributed by atoms with Gasteiger partial charge in [0.2, 0.25) is 0 Å². The number of nitrogens with one attached hydrogen (secondary N) is 3. The topological polar surface area (TPSA) is 194 Å². The summed E-state index contributed by atoms with van der Waals surface area (Å²) in [5.74, 6) is -0.0644. The first-order valence-corrected chi connectivity index (χ1v) is 12.8. The van der Waals surface area contributed by atoms with Gasteiger partial charge in [-0.05, 0) is 61.0 Å². The second-order valence-electron chi connectivity index (χ2n) is 9.58. The fourth-order valence-electron chi connectivity index (χ4n) is 4.29. The molecule has 2 unspecified atom stereocenters. The maximum absolute atomic E-state index is 13.1. The highest BCUT2D eigenvalue weighted by atomic mass is 16.5. The van der Waals surface area contributed by atoms with E-state index in [-0.39, 0.29) is 28.8 Å². The number of para-hydroxylation sites is 1. The number of benzene rings is 3. The summed E-state index contributed by atoms with van der Waals surface area (Å²) in [6.45, 7) is 1.64. The number of methoxy groups -OCH3 is 1. The van der Waals surface area contributed by atoms with Gasteiger partial charge < -0.3 is 31.2 Å². The van der Waals surface area contributed by atoms with Gasteiger partial charge in [-0.1, -0.05) is 18.2 Å². The van der Waals surface area contributed by atoms with E-state index < -0.39 is 23.7 Å². The Balaban J connectivity index is 1.79. The minimum absolute atomic E-state index is 0.0726. The van der Waals surface area contributed by atoms with Crippen molar-refractivity contribution < 1.29 is 19.1 Å². The number of likely N-dealkylation sites (N-methyl/N-ethyl adjacent to an activating group) is 1. The number of H-pyrrole nitrogens is 1. The van der Waals surface area contributed by atoms with Crippen LogP contribution in [0.5, 0.6) is 11.5 Å². The number of aromatic nitrogens is 3. The number of nitrogens with zero attached hydrogens (tertiary/aromatic N) is 3. The number of hydrogen-bond donors (Lipinski definition) is 5. The number of aromatic amines is 1. The van der Waals surface area contributed by atoms with Crippen molar-refractivity contribution in [2.45, 2.75) is 19.1 Å². The number of ether oxygens (including phenoxy) is 2. The van der Waals surface area contributed by atoms with Crippen LogP contribution in [-0.2, 0) is 4.79 Å². The lowest BCUT2D eigenvalue weighted by molar-refractivity contribution is -0.135. The van der Waals surface area contributed by atoms with E-state index in [2.05, 4.69) is 15.4 Å².